The van der Waals surface area contributed by atoms with Crippen molar-refractivity contribution in [1.82, 2.24) is 9.78 Å². The predicted molar refractivity (Wildman–Crippen MR) is 68.1 cm³/mol. The summed E-state index contributed by atoms with van der Waals surface area (Å²) in [6, 6.07) is 0. The van der Waals surface area contributed by atoms with Crippen LogP contribution in [0.3, 0.4) is 0 Å². The number of rotatable bonds is 4. The number of aromatic nitrogens is 2. The maximum absolute atomic E-state index is 10.7. The van der Waals surface area contributed by atoms with Crippen LogP contribution in [0.25, 0.3) is 0 Å². The molecule has 1 N–H and O–H groups in total. The normalized spacial score (nSPS) is 15.9. The molecule has 1 atom stereocenters. The zero-order chi connectivity index (χ0) is 13.3. The molecule has 0 amide bonds. The van der Waals surface area contributed by atoms with Crippen LogP contribution in [0.5, 0.6) is 0 Å². The molecule has 5 heteroatoms. The predicted octanol–water partition coefficient (Wildman–Crippen LogP) is 2.44. The summed E-state index contributed by atoms with van der Waals surface area (Å²) in [5.41, 5.74) is -0.737. The van der Waals surface area contributed by atoms with Gasteiger partial charge in [-0.2, -0.15) is 5.10 Å². The number of nitrogens with zero attached hydrogens (tertiary/aromatic N) is 2. The van der Waals surface area contributed by atoms with Crippen LogP contribution in [0, 0.1) is 5.41 Å². The van der Waals surface area contributed by atoms with Gasteiger partial charge in [-0.1, -0.05) is 32.4 Å². The minimum atomic E-state index is -1.05. The molecule has 98 valence electrons. The first-order valence-electron chi connectivity index (χ1n) is 5.65. The Labute approximate surface area is 108 Å². The second kappa shape index (κ2) is 4.96. The van der Waals surface area contributed by atoms with Crippen LogP contribution >= 0.6 is 11.6 Å². The minimum absolute atomic E-state index is 0.332. The summed E-state index contributed by atoms with van der Waals surface area (Å²) >= 11 is 6.13. The number of halogens is 1. The van der Waals surface area contributed by atoms with Gasteiger partial charge in [-0.05, 0) is 12.3 Å². The van der Waals surface area contributed by atoms with Gasteiger partial charge >= 0.3 is 0 Å². The Kier molecular flexibility index (Phi) is 4.23. The number of hydrogen-bond acceptors (Lipinski definition) is 3. The molecule has 4 nitrogen and oxygen atoms in total. The fourth-order valence-electron chi connectivity index (χ4n) is 1.55. The standard InChI is InChI=1S/C12H21ClN2O2/c1-11(2,3)12(4,16)10-9(13)8-14-15(10)6-7-17-5/h8,16H,6-7H2,1-5H3. The third kappa shape index (κ3) is 2.81. The summed E-state index contributed by atoms with van der Waals surface area (Å²) in [6.07, 6.45) is 1.56. The van der Waals surface area contributed by atoms with E-state index in [-0.39, 0.29) is 5.41 Å². The van der Waals surface area contributed by atoms with Crippen molar-refractivity contribution >= 4 is 11.6 Å². The Morgan fingerprint density at radius 1 is 1.41 bits per heavy atom. The topological polar surface area (TPSA) is 47.3 Å². The molecule has 1 heterocycles. The Morgan fingerprint density at radius 3 is 2.47 bits per heavy atom. The molecular weight excluding hydrogens is 240 g/mol. The lowest BCUT2D eigenvalue weighted by Gasteiger charge is -2.37. The third-order valence-electron chi connectivity index (χ3n) is 3.22. The molecular formula is C12H21ClN2O2. The van der Waals surface area contributed by atoms with Crippen molar-refractivity contribution in [2.75, 3.05) is 13.7 Å². The zero-order valence-electron chi connectivity index (χ0n) is 11.1. The van der Waals surface area contributed by atoms with E-state index in [4.69, 9.17) is 16.3 Å². The fourth-order valence-corrected chi connectivity index (χ4v) is 1.87. The Morgan fingerprint density at radius 2 is 2.00 bits per heavy atom. The molecule has 1 aromatic heterocycles. The first-order chi connectivity index (χ1) is 7.71. The van der Waals surface area contributed by atoms with Gasteiger partial charge in [0.2, 0.25) is 0 Å². The summed E-state index contributed by atoms with van der Waals surface area (Å²) in [6.45, 7) is 8.78. The van der Waals surface area contributed by atoms with E-state index in [0.717, 1.165) is 0 Å². The van der Waals surface area contributed by atoms with Gasteiger partial charge in [0.1, 0.15) is 5.60 Å². The molecule has 0 saturated carbocycles. The molecule has 0 aliphatic carbocycles. The van der Waals surface area contributed by atoms with Gasteiger partial charge < -0.3 is 9.84 Å². The van der Waals surface area contributed by atoms with Gasteiger partial charge in [0.25, 0.3) is 0 Å². The lowest BCUT2D eigenvalue weighted by Crippen LogP contribution is -2.39. The second-order valence-electron chi connectivity index (χ2n) is 5.38. The lowest BCUT2D eigenvalue weighted by molar-refractivity contribution is -0.0546. The highest BCUT2D eigenvalue weighted by Crippen LogP contribution is 2.41. The van der Waals surface area contributed by atoms with Crippen LogP contribution in [0.15, 0.2) is 6.20 Å². The van der Waals surface area contributed by atoms with E-state index in [1.54, 1.807) is 24.9 Å². The van der Waals surface area contributed by atoms with Crippen LogP contribution in [0.1, 0.15) is 33.4 Å². The van der Waals surface area contributed by atoms with E-state index in [2.05, 4.69) is 5.10 Å². The zero-order valence-corrected chi connectivity index (χ0v) is 11.9. The number of methoxy groups -OCH3 is 1. The van der Waals surface area contributed by atoms with E-state index in [1.807, 2.05) is 20.8 Å². The quantitative estimate of drug-likeness (QED) is 0.905. The monoisotopic (exact) mass is 260 g/mol. The highest BCUT2D eigenvalue weighted by molar-refractivity contribution is 6.31. The van der Waals surface area contributed by atoms with Crippen molar-refractivity contribution in [3.63, 3.8) is 0 Å². The SMILES string of the molecule is COCCn1ncc(Cl)c1C(C)(O)C(C)(C)C. The van der Waals surface area contributed by atoms with Crippen molar-refractivity contribution in [3.05, 3.63) is 16.9 Å². The smallest absolute Gasteiger partial charge is 0.110 e. The highest BCUT2D eigenvalue weighted by atomic mass is 35.5. The van der Waals surface area contributed by atoms with Crippen molar-refractivity contribution in [2.45, 2.75) is 39.8 Å². The lowest BCUT2D eigenvalue weighted by atomic mass is 9.75. The van der Waals surface area contributed by atoms with Crippen molar-refractivity contribution in [3.8, 4) is 0 Å². The maximum atomic E-state index is 10.7. The van der Waals surface area contributed by atoms with Crippen LogP contribution in [-0.4, -0.2) is 28.6 Å². The van der Waals surface area contributed by atoms with Gasteiger partial charge in [0.05, 0.1) is 30.1 Å². The van der Waals surface area contributed by atoms with E-state index in [0.29, 0.717) is 23.9 Å². The van der Waals surface area contributed by atoms with Gasteiger partial charge in [-0.3, -0.25) is 4.68 Å². The van der Waals surface area contributed by atoms with Crippen molar-refractivity contribution < 1.29 is 9.84 Å². The molecule has 0 aliphatic heterocycles. The molecule has 1 rings (SSSR count). The molecule has 0 spiro atoms. The van der Waals surface area contributed by atoms with E-state index >= 15 is 0 Å². The molecule has 1 unspecified atom stereocenters. The molecule has 0 bridgehead atoms. The summed E-state index contributed by atoms with van der Waals surface area (Å²) < 4.78 is 6.73. The maximum Gasteiger partial charge on any atom is 0.110 e. The first-order valence-corrected chi connectivity index (χ1v) is 6.02. The summed E-state index contributed by atoms with van der Waals surface area (Å²) in [5.74, 6) is 0. The number of ether oxygens (including phenoxy) is 1. The summed E-state index contributed by atoms with van der Waals surface area (Å²) in [7, 11) is 1.63. The Balaban J connectivity index is 3.16. The summed E-state index contributed by atoms with van der Waals surface area (Å²) in [5, 5.41) is 15.4. The number of aliphatic hydroxyl groups is 1. The molecule has 0 saturated heterocycles. The summed E-state index contributed by atoms with van der Waals surface area (Å²) in [4.78, 5) is 0. The third-order valence-corrected chi connectivity index (χ3v) is 3.50. The molecule has 17 heavy (non-hydrogen) atoms. The molecule has 0 radical (unpaired) electrons. The van der Waals surface area contributed by atoms with Crippen LogP contribution in [-0.2, 0) is 16.9 Å². The average Bonchev–Trinajstić information content (AvgIpc) is 2.55. The highest BCUT2D eigenvalue weighted by Gasteiger charge is 2.41. The van der Waals surface area contributed by atoms with Gasteiger partial charge in [-0.25, -0.2) is 0 Å². The molecule has 0 fully saturated rings. The molecule has 0 aliphatic rings. The Hall–Kier alpha value is -0.580. The first kappa shape index (κ1) is 14.5. The minimum Gasteiger partial charge on any atom is -0.383 e. The number of hydrogen-bond donors (Lipinski definition) is 1. The molecule has 1 aromatic rings. The van der Waals surface area contributed by atoms with Crippen LogP contribution in [0.4, 0.5) is 0 Å². The van der Waals surface area contributed by atoms with Crippen LogP contribution < -0.4 is 0 Å². The van der Waals surface area contributed by atoms with Crippen molar-refractivity contribution in [2.24, 2.45) is 5.41 Å². The molecule has 0 aromatic carbocycles. The van der Waals surface area contributed by atoms with E-state index in [9.17, 15) is 5.11 Å². The largest absolute Gasteiger partial charge is 0.383 e. The van der Waals surface area contributed by atoms with Gasteiger partial charge in [0, 0.05) is 7.11 Å². The van der Waals surface area contributed by atoms with E-state index < -0.39 is 5.60 Å². The van der Waals surface area contributed by atoms with Gasteiger partial charge in [0.15, 0.2) is 0 Å². The Bertz CT molecular complexity index is 380. The second-order valence-corrected chi connectivity index (χ2v) is 5.79. The fraction of sp³-hybridized carbons (Fsp3) is 0.750. The van der Waals surface area contributed by atoms with E-state index in [1.165, 1.54) is 0 Å². The van der Waals surface area contributed by atoms with Crippen molar-refractivity contribution in [1.29, 1.82) is 0 Å². The average molecular weight is 261 g/mol. The van der Waals surface area contributed by atoms with Crippen LogP contribution in [0.2, 0.25) is 5.02 Å². The van der Waals surface area contributed by atoms with Gasteiger partial charge in [-0.15, -0.1) is 0 Å².